The Labute approximate surface area is 174 Å². The van der Waals surface area contributed by atoms with Gasteiger partial charge in [0.05, 0.1) is 10.7 Å². The van der Waals surface area contributed by atoms with Crippen molar-refractivity contribution in [3.63, 3.8) is 0 Å². The van der Waals surface area contributed by atoms with Gasteiger partial charge in [-0.2, -0.15) is 0 Å². The molecular formula is C19H14FN3O3S3. The first-order chi connectivity index (χ1) is 13.8. The number of ether oxygens (including phenoxy) is 1. The number of hydrogen-bond donors (Lipinski definition) is 1. The zero-order valence-electron chi connectivity index (χ0n) is 15.0. The molecule has 0 radical (unpaired) electrons. The molecule has 0 spiro atoms. The first kappa shape index (κ1) is 19.6. The summed E-state index contributed by atoms with van der Waals surface area (Å²) < 4.78 is 45.3. The summed E-state index contributed by atoms with van der Waals surface area (Å²) in [5.41, 5.74) is 1.38. The van der Waals surface area contributed by atoms with E-state index in [4.69, 9.17) is 9.88 Å². The van der Waals surface area contributed by atoms with E-state index in [-0.39, 0.29) is 11.3 Å². The highest BCUT2D eigenvalue weighted by Crippen LogP contribution is 2.39. The first-order valence-electron chi connectivity index (χ1n) is 8.29. The van der Waals surface area contributed by atoms with Crippen molar-refractivity contribution in [3.8, 4) is 33.3 Å². The van der Waals surface area contributed by atoms with Crippen molar-refractivity contribution < 1.29 is 17.5 Å². The molecule has 0 amide bonds. The van der Waals surface area contributed by atoms with Crippen LogP contribution in [0.1, 0.15) is 5.01 Å². The Bertz CT molecular complexity index is 1290. The summed E-state index contributed by atoms with van der Waals surface area (Å²) in [6.45, 7) is 1.88. The predicted molar refractivity (Wildman–Crippen MR) is 111 cm³/mol. The molecule has 0 aliphatic heterocycles. The molecule has 0 aliphatic carbocycles. The van der Waals surface area contributed by atoms with Gasteiger partial charge in [0, 0.05) is 28.1 Å². The Hall–Kier alpha value is -2.66. The number of benzene rings is 2. The van der Waals surface area contributed by atoms with E-state index < -0.39 is 20.7 Å². The van der Waals surface area contributed by atoms with Crippen LogP contribution in [0.5, 0.6) is 11.5 Å². The van der Waals surface area contributed by atoms with Gasteiger partial charge in [-0.3, -0.25) is 0 Å². The lowest BCUT2D eigenvalue weighted by atomic mass is 10.1. The van der Waals surface area contributed by atoms with Gasteiger partial charge >= 0.3 is 0 Å². The number of aryl methyl sites for hydroxylation is 1. The van der Waals surface area contributed by atoms with Crippen LogP contribution in [0.15, 0.2) is 58.3 Å². The number of halogens is 1. The maximum Gasteiger partial charge on any atom is 0.244 e. The second kappa shape index (κ2) is 7.64. The lowest BCUT2D eigenvalue weighted by Crippen LogP contribution is -2.16. The SMILES string of the molecule is Cc1nc(-c2ccccc2Oc2ccc(-c3nccs3)c(F)c2S(N)(=O)=O)cs1. The van der Waals surface area contributed by atoms with Gasteiger partial charge < -0.3 is 4.74 Å². The van der Waals surface area contributed by atoms with Crippen LogP contribution >= 0.6 is 22.7 Å². The van der Waals surface area contributed by atoms with Gasteiger partial charge in [0.2, 0.25) is 10.0 Å². The van der Waals surface area contributed by atoms with Gasteiger partial charge in [0.15, 0.2) is 16.5 Å². The summed E-state index contributed by atoms with van der Waals surface area (Å²) in [7, 11) is -4.41. The molecule has 4 aromatic rings. The monoisotopic (exact) mass is 447 g/mol. The van der Waals surface area contributed by atoms with E-state index in [2.05, 4.69) is 9.97 Å². The maximum atomic E-state index is 15.1. The summed E-state index contributed by atoms with van der Waals surface area (Å²) in [6, 6.07) is 9.79. The highest BCUT2D eigenvalue weighted by molar-refractivity contribution is 7.89. The number of nitrogens with two attached hydrogens (primary N) is 1. The Morgan fingerprint density at radius 3 is 2.52 bits per heavy atom. The fraction of sp³-hybridized carbons (Fsp3) is 0.0526. The Morgan fingerprint density at radius 2 is 1.86 bits per heavy atom. The minimum absolute atomic E-state index is 0.0415. The largest absolute Gasteiger partial charge is 0.455 e. The van der Waals surface area contributed by atoms with Gasteiger partial charge in [0.1, 0.15) is 10.8 Å². The summed E-state index contributed by atoms with van der Waals surface area (Å²) in [5, 5.41) is 10.1. The van der Waals surface area contributed by atoms with E-state index >= 15 is 4.39 Å². The third-order valence-corrected chi connectivity index (χ3v) is 6.54. The number of hydrogen-bond acceptors (Lipinski definition) is 7. The quantitative estimate of drug-likeness (QED) is 0.473. The normalized spacial score (nSPS) is 11.6. The smallest absolute Gasteiger partial charge is 0.244 e. The second-order valence-corrected chi connectivity index (χ2v) is 9.44. The maximum absolute atomic E-state index is 15.1. The number of rotatable bonds is 5. The van der Waals surface area contributed by atoms with E-state index in [1.807, 2.05) is 18.4 Å². The van der Waals surface area contributed by atoms with Crippen molar-refractivity contribution in [2.24, 2.45) is 5.14 Å². The molecule has 0 saturated heterocycles. The Kier molecular flexibility index (Phi) is 5.17. The number of nitrogens with zero attached hydrogens (tertiary/aromatic N) is 2. The number of primary sulfonamides is 1. The molecule has 6 nitrogen and oxygen atoms in total. The molecule has 0 unspecified atom stereocenters. The zero-order valence-corrected chi connectivity index (χ0v) is 17.4. The molecular weight excluding hydrogens is 433 g/mol. The molecule has 148 valence electrons. The topological polar surface area (TPSA) is 95.2 Å². The molecule has 0 bridgehead atoms. The van der Waals surface area contributed by atoms with Gasteiger partial charge in [-0.1, -0.05) is 12.1 Å². The molecule has 0 aliphatic rings. The molecule has 2 heterocycles. The molecule has 4 rings (SSSR count). The summed E-state index contributed by atoms with van der Waals surface area (Å²) in [4.78, 5) is 7.76. The van der Waals surface area contributed by atoms with Crippen LogP contribution in [-0.4, -0.2) is 18.4 Å². The predicted octanol–water partition coefficient (Wildman–Crippen LogP) is 4.82. The van der Waals surface area contributed by atoms with Crippen molar-refractivity contribution in [2.45, 2.75) is 11.8 Å². The number of sulfonamides is 1. The Morgan fingerprint density at radius 1 is 1.07 bits per heavy atom. The van der Waals surface area contributed by atoms with Gasteiger partial charge in [-0.25, -0.2) is 27.9 Å². The summed E-state index contributed by atoms with van der Waals surface area (Å²) >= 11 is 2.66. The molecule has 2 aromatic heterocycles. The van der Waals surface area contributed by atoms with Gasteiger partial charge in [-0.15, -0.1) is 22.7 Å². The first-order valence-corrected chi connectivity index (χ1v) is 11.6. The van der Waals surface area contributed by atoms with E-state index in [1.54, 1.807) is 23.6 Å². The van der Waals surface area contributed by atoms with Crippen LogP contribution in [0.25, 0.3) is 21.8 Å². The van der Waals surface area contributed by atoms with Crippen molar-refractivity contribution >= 4 is 32.7 Å². The van der Waals surface area contributed by atoms with E-state index in [0.29, 0.717) is 22.0 Å². The molecule has 2 aromatic carbocycles. The van der Waals surface area contributed by atoms with Crippen LogP contribution in [0.4, 0.5) is 4.39 Å². The number of thiazole rings is 2. The van der Waals surface area contributed by atoms with Crippen LogP contribution in [-0.2, 0) is 10.0 Å². The van der Waals surface area contributed by atoms with Gasteiger partial charge in [0.25, 0.3) is 0 Å². The highest BCUT2D eigenvalue weighted by atomic mass is 32.2. The highest BCUT2D eigenvalue weighted by Gasteiger charge is 2.26. The minimum Gasteiger partial charge on any atom is -0.455 e. The molecule has 0 atom stereocenters. The molecule has 0 fully saturated rings. The zero-order chi connectivity index (χ0) is 20.6. The molecule has 29 heavy (non-hydrogen) atoms. The standard InChI is InChI=1S/C19H14FN3O3S3/c1-11-23-14(10-28-11)12-4-2-3-5-15(12)26-16-7-6-13(19-22-8-9-27-19)17(20)18(16)29(21,24)25/h2-10H,1H3,(H2,21,24,25). The van der Waals surface area contributed by atoms with Crippen molar-refractivity contribution in [2.75, 3.05) is 0 Å². The van der Waals surface area contributed by atoms with Crippen molar-refractivity contribution in [3.05, 3.63) is 64.2 Å². The van der Waals surface area contributed by atoms with Crippen LogP contribution < -0.4 is 9.88 Å². The van der Waals surface area contributed by atoms with Crippen LogP contribution in [0.3, 0.4) is 0 Å². The average molecular weight is 448 g/mol. The van der Waals surface area contributed by atoms with E-state index in [0.717, 1.165) is 5.01 Å². The van der Waals surface area contributed by atoms with E-state index in [9.17, 15) is 8.42 Å². The summed E-state index contributed by atoms with van der Waals surface area (Å²) in [6.07, 6.45) is 1.51. The van der Waals surface area contributed by atoms with Crippen LogP contribution in [0.2, 0.25) is 0 Å². The average Bonchev–Trinajstić information content (AvgIpc) is 3.33. The number of para-hydroxylation sites is 1. The minimum atomic E-state index is -4.41. The van der Waals surface area contributed by atoms with Gasteiger partial charge in [-0.05, 0) is 31.2 Å². The third-order valence-electron chi connectivity index (χ3n) is 4.01. The third kappa shape index (κ3) is 3.92. The molecule has 10 heteroatoms. The number of aromatic nitrogens is 2. The van der Waals surface area contributed by atoms with Crippen molar-refractivity contribution in [1.29, 1.82) is 0 Å². The van der Waals surface area contributed by atoms with E-state index in [1.165, 1.54) is 41.0 Å². The molecule has 2 N–H and O–H groups in total. The fourth-order valence-corrected chi connectivity index (χ4v) is 4.80. The lowest BCUT2D eigenvalue weighted by molar-refractivity contribution is 0.455. The van der Waals surface area contributed by atoms with Crippen LogP contribution in [0, 0.1) is 12.7 Å². The second-order valence-electron chi connectivity index (χ2n) is 5.99. The molecule has 0 saturated carbocycles. The fourth-order valence-electron chi connectivity index (χ4n) is 2.78. The summed E-state index contributed by atoms with van der Waals surface area (Å²) in [5.74, 6) is -0.865. The Balaban J connectivity index is 1.84. The van der Waals surface area contributed by atoms with Crippen molar-refractivity contribution in [1.82, 2.24) is 9.97 Å². The lowest BCUT2D eigenvalue weighted by Gasteiger charge is -2.14.